The van der Waals surface area contributed by atoms with Crippen LogP contribution < -0.4 is 20.4 Å². The van der Waals surface area contributed by atoms with Gasteiger partial charge in [0.15, 0.2) is 6.61 Å². The second kappa shape index (κ2) is 10.2. The number of hydrogen-bond donors (Lipinski definition) is 1. The fourth-order valence-corrected chi connectivity index (χ4v) is 3.74. The third-order valence-corrected chi connectivity index (χ3v) is 5.54. The molecule has 3 aromatic rings. The third-order valence-electron chi connectivity index (χ3n) is 5.54. The van der Waals surface area contributed by atoms with Crippen LogP contribution in [0.1, 0.15) is 0 Å². The molecule has 2 aromatic carbocycles. The van der Waals surface area contributed by atoms with Crippen LogP contribution in [0.3, 0.4) is 0 Å². The van der Waals surface area contributed by atoms with Crippen LogP contribution in [0.4, 0.5) is 5.69 Å². The fraction of sp³-hybridized carbons (Fsp3) is 0.333. The van der Waals surface area contributed by atoms with Gasteiger partial charge in [-0.05, 0) is 36.4 Å². The van der Waals surface area contributed by atoms with Gasteiger partial charge in [-0.1, -0.05) is 12.1 Å². The fourth-order valence-electron chi connectivity index (χ4n) is 3.74. The summed E-state index contributed by atoms with van der Waals surface area (Å²) in [6.07, 6.45) is 0. The number of anilines is 1. The molecule has 1 aromatic heterocycles. The summed E-state index contributed by atoms with van der Waals surface area (Å²) in [5, 5.41) is 4.23. The van der Waals surface area contributed by atoms with Gasteiger partial charge in [0.25, 0.3) is 5.91 Å². The number of methoxy groups -OCH3 is 1. The van der Waals surface area contributed by atoms with Crippen molar-refractivity contribution in [1.29, 1.82) is 0 Å². The van der Waals surface area contributed by atoms with E-state index >= 15 is 0 Å². The molecule has 1 saturated heterocycles. The molecule has 1 amide bonds. The highest BCUT2D eigenvalue weighted by atomic mass is 16.5. The quantitative estimate of drug-likeness (QED) is 0.542. The summed E-state index contributed by atoms with van der Waals surface area (Å²) >= 11 is 0. The number of nitrogens with zero attached hydrogens (tertiary/aromatic N) is 2. The summed E-state index contributed by atoms with van der Waals surface area (Å²) < 4.78 is 16.0. The first-order valence-corrected chi connectivity index (χ1v) is 10.7. The van der Waals surface area contributed by atoms with Gasteiger partial charge in [-0.2, -0.15) is 0 Å². The molecule has 0 unspecified atom stereocenters. The molecule has 168 valence electrons. The lowest BCUT2D eigenvalue weighted by atomic mass is 10.2. The van der Waals surface area contributed by atoms with Gasteiger partial charge in [-0.3, -0.25) is 9.69 Å². The van der Waals surface area contributed by atoms with Gasteiger partial charge in [0, 0.05) is 50.7 Å². The first-order chi connectivity index (χ1) is 15.6. The topological polar surface area (TPSA) is 84.3 Å². The number of carbonyl (C=O) groups excluding carboxylic acids is 1. The van der Waals surface area contributed by atoms with Crippen molar-refractivity contribution in [2.45, 2.75) is 0 Å². The highest BCUT2D eigenvalue weighted by molar-refractivity contribution is 5.89. The monoisotopic (exact) mass is 437 g/mol. The van der Waals surface area contributed by atoms with Gasteiger partial charge < -0.3 is 24.1 Å². The summed E-state index contributed by atoms with van der Waals surface area (Å²) in [6, 6.07) is 16.2. The Morgan fingerprint density at radius 2 is 1.75 bits per heavy atom. The van der Waals surface area contributed by atoms with Crippen molar-refractivity contribution in [2.24, 2.45) is 0 Å². The molecular weight excluding hydrogens is 410 g/mol. The number of fused-ring (bicyclic) bond motifs is 1. The number of rotatable bonds is 8. The van der Waals surface area contributed by atoms with Crippen LogP contribution in [-0.2, 0) is 4.79 Å². The molecule has 0 radical (unpaired) electrons. The second-order valence-corrected chi connectivity index (χ2v) is 7.59. The Hall–Kier alpha value is -3.52. The lowest BCUT2D eigenvalue weighted by Crippen LogP contribution is -2.50. The van der Waals surface area contributed by atoms with Crippen LogP contribution in [-0.4, -0.2) is 68.7 Å². The second-order valence-electron chi connectivity index (χ2n) is 7.59. The van der Waals surface area contributed by atoms with Gasteiger partial charge in [-0.15, -0.1) is 0 Å². The van der Waals surface area contributed by atoms with E-state index in [9.17, 15) is 9.59 Å². The molecule has 2 heterocycles. The van der Waals surface area contributed by atoms with E-state index in [1.54, 1.807) is 37.4 Å². The third kappa shape index (κ3) is 5.39. The molecule has 1 aliphatic rings. The maximum absolute atomic E-state index is 12.5. The molecule has 0 bridgehead atoms. The van der Waals surface area contributed by atoms with Crippen molar-refractivity contribution in [1.82, 2.24) is 9.80 Å². The highest BCUT2D eigenvalue weighted by Gasteiger charge is 2.21. The van der Waals surface area contributed by atoms with Gasteiger partial charge in [-0.25, -0.2) is 4.79 Å². The number of hydrogen-bond acceptors (Lipinski definition) is 7. The van der Waals surface area contributed by atoms with Crippen LogP contribution >= 0.6 is 0 Å². The summed E-state index contributed by atoms with van der Waals surface area (Å²) in [5.41, 5.74) is 0.989. The molecule has 0 saturated carbocycles. The summed E-state index contributed by atoms with van der Waals surface area (Å²) in [7, 11) is 1.61. The zero-order chi connectivity index (χ0) is 22.3. The Balaban J connectivity index is 1.20. The molecule has 4 rings (SSSR count). The van der Waals surface area contributed by atoms with Crippen LogP contribution in [0.5, 0.6) is 11.5 Å². The Morgan fingerprint density at radius 1 is 1.03 bits per heavy atom. The van der Waals surface area contributed by atoms with Crippen molar-refractivity contribution in [2.75, 3.05) is 58.3 Å². The molecule has 0 aliphatic carbocycles. The van der Waals surface area contributed by atoms with Crippen molar-refractivity contribution in [3.63, 3.8) is 0 Å². The largest absolute Gasteiger partial charge is 0.497 e. The van der Waals surface area contributed by atoms with E-state index in [0.29, 0.717) is 31.0 Å². The molecule has 1 fully saturated rings. The van der Waals surface area contributed by atoms with Crippen LogP contribution in [0.25, 0.3) is 11.0 Å². The molecule has 1 N–H and O–H groups in total. The Bertz CT molecular complexity index is 1100. The van der Waals surface area contributed by atoms with Crippen LogP contribution in [0.2, 0.25) is 0 Å². The SMILES string of the molecule is COc1ccc(OCC(=O)N2CCN(CCNc3cc(=O)oc4ccccc34)CC2)cc1. The standard InChI is InChI=1S/C24H27N3O5/c1-30-18-6-8-19(9-7-18)31-17-23(28)27-14-12-26(13-15-27)11-10-25-21-16-24(29)32-22-5-3-2-4-20(21)22/h2-9,16,25H,10-15,17H2,1H3. The molecule has 0 spiro atoms. The van der Waals surface area contributed by atoms with E-state index in [1.165, 1.54) is 6.07 Å². The first-order valence-electron chi connectivity index (χ1n) is 10.7. The normalized spacial score (nSPS) is 14.3. The van der Waals surface area contributed by atoms with Crippen molar-refractivity contribution < 1.29 is 18.7 Å². The molecule has 1 aliphatic heterocycles. The predicted octanol–water partition coefficient (Wildman–Crippen LogP) is 2.44. The van der Waals surface area contributed by atoms with Gasteiger partial charge in [0.05, 0.1) is 12.8 Å². The van der Waals surface area contributed by atoms with Crippen molar-refractivity contribution >= 4 is 22.6 Å². The van der Waals surface area contributed by atoms with Gasteiger partial charge in [0.2, 0.25) is 0 Å². The summed E-state index contributed by atoms with van der Waals surface area (Å²) in [4.78, 5) is 28.4. The van der Waals surface area contributed by atoms with Crippen LogP contribution in [0, 0.1) is 0 Å². The van der Waals surface area contributed by atoms with E-state index in [4.69, 9.17) is 13.9 Å². The number of piperazine rings is 1. The number of benzene rings is 2. The maximum Gasteiger partial charge on any atom is 0.338 e. The number of amides is 1. The maximum atomic E-state index is 12.5. The van der Waals surface area contributed by atoms with Crippen LogP contribution in [0.15, 0.2) is 63.8 Å². The Kier molecular flexibility index (Phi) is 6.91. The smallest absolute Gasteiger partial charge is 0.338 e. The number of para-hydroxylation sites is 1. The Morgan fingerprint density at radius 3 is 2.50 bits per heavy atom. The van der Waals surface area contributed by atoms with E-state index in [0.717, 1.165) is 36.5 Å². The zero-order valence-corrected chi connectivity index (χ0v) is 18.1. The summed E-state index contributed by atoms with van der Waals surface area (Å²) in [5.74, 6) is 1.38. The molecule has 0 atom stereocenters. The average molecular weight is 437 g/mol. The minimum atomic E-state index is -0.366. The molecular formula is C24H27N3O5. The zero-order valence-electron chi connectivity index (χ0n) is 18.1. The summed E-state index contributed by atoms with van der Waals surface area (Å²) in [6.45, 7) is 4.48. The number of carbonyl (C=O) groups is 1. The van der Waals surface area contributed by atoms with E-state index in [-0.39, 0.29) is 18.1 Å². The predicted molar refractivity (Wildman–Crippen MR) is 122 cm³/mol. The minimum Gasteiger partial charge on any atom is -0.497 e. The van der Waals surface area contributed by atoms with Gasteiger partial charge >= 0.3 is 5.63 Å². The van der Waals surface area contributed by atoms with E-state index in [2.05, 4.69) is 10.2 Å². The van der Waals surface area contributed by atoms with E-state index in [1.807, 2.05) is 23.1 Å². The average Bonchev–Trinajstić information content (AvgIpc) is 2.83. The lowest BCUT2D eigenvalue weighted by Gasteiger charge is -2.34. The van der Waals surface area contributed by atoms with Gasteiger partial charge in [0.1, 0.15) is 17.1 Å². The lowest BCUT2D eigenvalue weighted by molar-refractivity contribution is -0.135. The number of nitrogens with one attached hydrogen (secondary N) is 1. The van der Waals surface area contributed by atoms with E-state index < -0.39 is 0 Å². The Labute approximate surface area is 186 Å². The van der Waals surface area contributed by atoms with Crippen molar-refractivity contribution in [3.8, 4) is 11.5 Å². The minimum absolute atomic E-state index is 0.0129. The van der Waals surface area contributed by atoms with Crippen molar-refractivity contribution in [3.05, 3.63) is 65.0 Å². The highest BCUT2D eigenvalue weighted by Crippen LogP contribution is 2.21. The molecule has 8 nitrogen and oxygen atoms in total. The first kappa shape index (κ1) is 21.7. The molecule has 8 heteroatoms. The molecule has 32 heavy (non-hydrogen) atoms. The number of ether oxygens (including phenoxy) is 2.